The summed E-state index contributed by atoms with van der Waals surface area (Å²) in [5.74, 6) is 3.99. The largest absolute Gasteiger partial charge is 0.397 e. The number of hydrogen-bond donors (Lipinski definition) is 9. The highest BCUT2D eigenvalue weighted by atomic mass is 19.1. The zero-order valence-corrected chi connectivity index (χ0v) is 88.6. The van der Waals surface area contributed by atoms with Gasteiger partial charge in [-0.2, -0.15) is 14.7 Å². The maximum atomic E-state index is 13.5. The molecule has 2 aliphatic rings. The normalized spacial score (nSPS) is 12.0. The number of aliphatic imine (C=N–C) groups is 1. The minimum Gasteiger partial charge on any atom is -0.397 e. The van der Waals surface area contributed by atoms with E-state index in [1.165, 1.54) is 12.4 Å². The molecule has 0 radical (unpaired) electrons. The molecular weight excluding hydrogens is 1910 g/mol. The van der Waals surface area contributed by atoms with Gasteiger partial charge >= 0.3 is 0 Å². The second-order valence-electron chi connectivity index (χ2n) is 38.3. The Morgan fingerprint density at radius 3 is 1.58 bits per heavy atom. The van der Waals surface area contributed by atoms with Crippen LogP contribution in [0.1, 0.15) is 292 Å². The fraction of sp³-hybridized carbons (Fsp3) is 0.404. The Labute approximate surface area is 853 Å². The molecular formula is C99H129FN42O7. The summed E-state index contributed by atoms with van der Waals surface area (Å²) in [6, 6.07) is 11.2. The van der Waals surface area contributed by atoms with Crippen LogP contribution in [0.5, 0.6) is 0 Å². The summed E-state index contributed by atoms with van der Waals surface area (Å²) in [6.45, 7) is 54.0. The van der Waals surface area contributed by atoms with Crippen molar-refractivity contribution >= 4 is 141 Å². The maximum absolute atomic E-state index is 13.5. The molecule has 784 valence electrons. The average Bonchev–Trinajstić information content (AvgIpc) is 1.63. The van der Waals surface area contributed by atoms with Crippen molar-refractivity contribution in [3.8, 4) is 0 Å². The molecule has 0 saturated carbocycles. The highest BCUT2D eigenvalue weighted by Gasteiger charge is 2.25. The van der Waals surface area contributed by atoms with Crippen LogP contribution in [0.25, 0.3) is 101 Å². The van der Waals surface area contributed by atoms with Crippen LogP contribution in [0.3, 0.4) is 0 Å². The van der Waals surface area contributed by atoms with Gasteiger partial charge in [-0.25, -0.2) is 58.6 Å². The van der Waals surface area contributed by atoms with Gasteiger partial charge in [-0.05, 0) is 184 Å². The number of pyridine rings is 4. The molecule has 22 rings (SSSR count). The number of halogens is 1. The molecule has 0 saturated heterocycles. The van der Waals surface area contributed by atoms with E-state index >= 15 is 0 Å². The third-order valence-electron chi connectivity index (χ3n) is 22.9. The van der Waals surface area contributed by atoms with Gasteiger partial charge in [-0.3, -0.25) is 48.1 Å². The molecule has 20 aromatic rings. The number of H-pyrrole nitrogens is 5. The minimum atomic E-state index is -0.521. The fourth-order valence-corrected chi connectivity index (χ4v) is 15.4. The lowest BCUT2D eigenvalue weighted by Crippen LogP contribution is -2.15. The predicted molar refractivity (Wildman–Crippen MR) is 573 cm³/mol. The standard InChI is InChI=1S/C10H12FN3O.3C10H13N3O.C9H12N4.2C9H11N3O.C8H11N5O.3C8H11N5/c1-5(2)14-4-7(11)8-9(14)12-6(3)13-10(8)15;1-6(2)13-5-11-9-8(14)4-7(3)12-10(9)13;1-6(2)13-5-11-9-8(13)4-7(3)12-10(9)14;1-6(2)13-5-4-8-9(13)11-7(3)12-10(8)14;1-6(2)13-5-12-9-7(10)3-11-4-8(9)13;1-6(2)12-5-11-9-7(12)3-10-4-8(9)13;1-6(2)8-10-11-9-7(13)4-3-5-12(8)9;1-4(2)13-7-6(11-12-13)8(14)10-5(3)9-7;1-5(2)13-4-10-7-6(9)3-11-12-8(7)13;1-5(2)13-8-7(11-12-13)6(9)3-4-10-8;1-5(2)7-11-12-8-6(9)3-4-10-13(7)8/h4-5H,1-3H3,(H,12,13,15);2*4-6H,1-3H3,(H,12,14);4-6H,1-3H3,(H,11,12,14);3-6H,10H2,1-2H3;2*3,5-6H,4H2,1-2H3;4H,1-3H3,(H,9,10,14);3-5H,1-2H3,(H2,9,12);3-5H,1-2H3,(H2,9,10);3-5H,9H2,1-2H3. The molecule has 50 heteroatoms. The van der Waals surface area contributed by atoms with E-state index in [1.54, 1.807) is 131 Å². The number of aryl methyl sites for hydroxylation is 5. The van der Waals surface area contributed by atoms with Gasteiger partial charge in [0.15, 0.2) is 56.3 Å². The number of rotatable bonds is 11. The van der Waals surface area contributed by atoms with Gasteiger partial charge < -0.3 is 79.8 Å². The van der Waals surface area contributed by atoms with Crippen molar-refractivity contribution in [3.63, 3.8) is 0 Å². The minimum absolute atomic E-state index is 0.0110. The SMILES string of the molecule is CC(C)c1nnc2c(N)ccnn12.CC(C)c1nnc2n1C=CCC2=O.CC(C)n1cnc2c(N)cncc21.CC(C)n1cnc2c(N)cnnc21.CC(C)n1cnc2c1C=NCC2=O.CC(C)n1nnc2c(N)ccnc21.Cc1cc(=O)c2ncn(C(C)C)c2[nH]1.Cc1cc2c(ncn2C(C)C)c(=O)[nH]1.Cc1nc2c(c(F)cn2C(C)C)c(=O)[nH]1.Cc1nc2c(ccn2C(C)C)c(=O)[nH]1.Cc1nc2c(nnn2C(C)C)c(=O)[nH]1. The molecule has 49 nitrogen and oxygen atoms in total. The molecule has 149 heavy (non-hydrogen) atoms. The van der Waals surface area contributed by atoms with E-state index in [4.69, 9.17) is 22.9 Å². The lowest BCUT2D eigenvalue weighted by molar-refractivity contribution is 0.0978. The first-order valence-corrected chi connectivity index (χ1v) is 48.5. The van der Waals surface area contributed by atoms with Gasteiger partial charge in [-0.1, -0.05) is 44.2 Å². The summed E-state index contributed by atoms with van der Waals surface area (Å²) in [5.41, 5.74) is 37.7. The van der Waals surface area contributed by atoms with Gasteiger partial charge in [0.05, 0.1) is 113 Å². The highest BCUT2D eigenvalue weighted by molar-refractivity contribution is 6.06. The van der Waals surface area contributed by atoms with Crippen LogP contribution in [0.15, 0.2) is 140 Å². The van der Waals surface area contributed by atoms with E-state index in [0.29, 0.717) is 145 Å². The Morgan fingerprint density at radius 2 is 0.940 bits per heavy atom. The Kier molecular flexibility index (Phi) is 35.2. The van der Waals surface area contributed by atoms with Gasteiger partial charge in [0.1, 0.15) is 63.3 Å². The zero-order chi connectivity index (χ0) is 109. The predicted octanol–water partition coefficient (Wildman–Crippen LogP) is 13.9. The van der Waals surface area contributed by atoms with E-state index in [-0.39, 0.29) is 69.6 Å². The van der Waals surface area contributed by atoms with E-state index in [0.717, 1.165) is 73.4 Å². The molecule has 0 unspecified atom stereocenters. The first-order chi connectivity index (χ1) is 70.6. The molecule has 0 aromatic carbocycles. The van der Waals surface area contributed by atoms with Crippen LogP contribution in [0.4, 0.5) is 27.1 Å². The Balaban J connectivity index is 0.000000145. The number of nitrogen functional groups attached to an aromatic ring is 4. The van der Waals surface area contributed by atoms with Gasteiger partial charge in [0.25, 0.3) is 22.2 Å². The number of carbonyl (C=O) groups is 2. The van der Waals surface area contributed by atoms with Crippen LogP contribution in [0, 0.1) is 40.4 Å². The van der Waals surface area contributed by atoms with E-state index in [1.807, 2.05) is 130 Å². The number of hydrogen-bond acceptors (Lipinski definition) is 33. The molecule has 22 heterocycles. The molecule has 0 amide bonds. The molecule has 13 N–H and O–H groups in total. The molecule has 0 spiro atoms. The third-order valence-corrected chi connectivity index (χ3v) is 22.9. The summed E-state index contributed by atoms with van der Waals surface area (Å²) in [7, 11) is 0. The number of nitrogens with zero attached hydrogens (tertiary/aromatic N) is 33. The molecule has 2 aliphatic heterocycles. The highest BCUT2D eigenvalue weighted by Crippen LogP contribution is 2.27. The first kappa shape index (κ1) is 110. The Bertz CT molecular complexity index is 7720. The molecule has 0 atom stereocenters. The lowest BCUT2D eigenvalue weighted by atomic mass is 10.2. The van der Waals surface area contributed by atoms with E-state index in [2.05, 4.69) is 224 Å². The number of nitrogens with one attached hydrogen (secondary N) is 5. The Morgan fingerprint density at radius 1 is 0.403 bits per heavy atom. The number of Topliss-reactive ketones (excluding diaryl/α,β-unsaturated/α-hetero) is 2. The average molecular weight is 2040 g/mol. The van der Waals surface area contributed by atoms with Crippen LogP contribution in [0.2, 0.25) is 0 Å². The van der Waals surface area contributed by atoms with Crippen molar-refractivity contribution in [3.05, 3.63) is 227 Å². The number of fused-ring (bicyclic) bond motifs is 11. The topological polar surface area (TPSA) is 639 Å². The van der Waals surface area contributed by atoms with Crippen molar-refractivity contribution in [2.24, 2.45) is 4.99 Å². The third kappa shape index (κ3) is 25.2. The number of nitrogens with two attached hydrogens (primary N) is 4. The van der Waals surface area contributed by atoms with Crippen LogP contribution < -0.4 is 50.6 Å². The van der Waals surface area contributed by atoms with Gasteiger partial charge in [0.2, 0.25) is 28.5 Å². The van der Waals surface area contributed by atoms with Crippen LogP contribution in [-0.2, 0) is 0 Å². The number of imidazole rings is 5. The van der Waals surface area contributed by atoms with Crippen molar-refractivity contribution in [2.75, 3.05) is 29.5 Å². The number of ketones is 2. The van der Waals surface area contributed by atoms with E-state index in [9.17, 15) is 38.0 Å². The van der Waals surface area contributed by atoms with Crippen LogP contribution >= 0.6 is 0 Å². The monoisotopic (exact) mass is 2040 g/mol. The molecule has 0 fully saturated rings. The maximum Gasteiger partial charge on any atom is 0.281 e. The summed E-state index contributed by atoms with van der Waals surface area (Å²) in [5, 5.41) is 44.1. The summed E-state index contributed by atoms with van der Waals surface area (Å²) in [6.07, 6.45) is 26.0. The first-order valence-electron chi connectivity index (χ1n) is 48.5. The van der Waals surface area contributed by atoms with Crippen molar-refractivity contribution in [2.45, 2.75) is 260 Å². The van der Waals surface area contributed by atoms with Crippen molar-refractivity contribution in [1.29, 1.82) is 0 Å². The second kappa shape index (κ2) is 47.5. The summed E-state index contributed by atoms with van der Waals surface area (Å²) in [4.78, 5) is 139. The number of allylic oxidation sites excluding steroid dienone is 1. The zero-order valence-electron chi connectivity index (χ0n) is 88.6. The quantitative estimate of drug-likeness (QED) is 0.0581. The molecule has 0 bridgehead atoms. The van der Waals surface area contributed by atoms with Gasteiger partial charge in [-0.15, -0.1) is 35.7 Å². The van der Waals surface area contributed by atoms with Crippen LogP contribution in [-0.4, -0.2) is 206 Å². The number of anilines is 4. The van der Waals surface area contributed by atoms with Crippen molar-refractivity contribution < 1.29 is 14.0 Å². The van der Waals surface area contributed by atoms with E-state index < -0.39 is 11.4 Å². The number of aromatic nitrogens is 37. The number of aromatic amines is 5. The molecule has 20 aromatic heterocycles. The second-order valence-corrected chi connectivity index (χ2v) is 38.3. The molecule has 0 aliphatic carbocycles. The fourth-order valence-electron chi connectivity index (χ4n) is 15.4. The number of carbonyl (C=O) groups excluding carboxylic acids is 2. The lowest BCUT2D eigenvalue weighted by Gasteiger charge is -2.10. The van der Waals surface area contributed by atoms with Crippen molar-refractivity contribution in [1.82, 2.24) is 181 Å². The smallest absolute Gasteiger partial charge is 0.281 e. The Hall–Kier alpha value is -17.5. The summed E-state index contributed by atoms with van der Waals surface area (Å²) < 4.78 is 33.9. The van der Waals surface area contributed by atoms with Gasteiger partial charge in [0, 0.05) is 109 Å². The summed E-state index contributed by atoms with van der Waals surface area (Å²) >= 11 is 0.